The van der Waals surface area contributed by atoms with Gasteiger partial charge in [-0.1, -0.05) is 11.6 Å². The summed E-state index contributed by atoms with van der Waals surface area (Å²) in [6.07, 6.45) is 3.74. The maximum Gasteiger partial charge on any atom is 0.257 e. The number of halogens is 1. The van der Waals surface area contributed by atoms with Crippen LogP contribution >= 0.6 is 23.8 Å². The van der Waals surface area contributed by atoms with Crippen LogP contribution in [0.25, 0.3) is 0 Å². The highest BCUT2D eigenvalue weighted by molar-refractivity contribution is 7.80. The number of hydrogen-bond donors (Lipinski definition) is 2. The van der Waals surface area contributed by atoms with Gasteiger partial charge in [-0.3, -0.25) is 10.1 Å². The zero-order valence-electron chi connectivity index (χ0n) is 16.7. The molecule has 154 valence electrons. The monoisotopic (exact) mass is 431 g/mol. The van der Waals surface area contributed by atoms with E-state index in [0.717, 1.165) is 30.2 Å². The molecule has 1 saturated heterocycles. The minimum atomic E-state index is -0.283. The van der Waals surface area contributed by atoms with Gasteiger partial charge >= 0.3 is 0 Å². The molecular weight excluding hydrogens is 406 g/mol. The number of hydrogen-bond acceptors (Lipinski definition) is 4. The minimum absolute atomic E-state index is 0.0829. The number of rotatable bonds is 5. The Hall–Kier alpha value is -2.31. The van der Waals surface area contributed by atoms with E-state index >= 15 is 0 Å². The third-order valence-electron chi connectivity index (χ3n) is 4.62. The Kier molecular flexibility index (Phi) is 7.34. The van der Waals surface area contributed by atoms with Crippen molar-refractivity contribution in [1.29, 1.82) is 0 Å². The maximum absolute atomic E-state index is 12.4. The lowest BCUT2D eigenvalue weighted by molar-refractivity contribution is 0.0977. The fourth-order valence-corrected chi connectivity index (χ4v) is 3.78. The van der Waals surface area contributed by atoms with Gasteiger partial charge in [-0.15, -0.1) is 0 Å². The second-order valence-electron chi connectivity index (χ2n) is 7.31. The summed E-state index contributed by atoms with van der Waals surface area (Å²) in [5.41, 5.74) is 2.28. The third kappa shape index (κ3) is 6.08. The van der Waals surface area contributed by atoms with E-state index in [1.807, 2.05) is 32.0 Å². The number of benzene rings is 2. The van der Waals surface area contributed by atoms with Gasteiger partial charge in [0.15, 0.2) is 5.11 Å². The van der Waals surface area contributed by atoms with E-state index in [1.165, 1.54) is 19.3 Å². The fraction of sp³-hybridized carbons (Fsp3) is 0.364. The standard InChI is InChI=1S/C22H26ClN3O2S/c1-15(2)28-18-9-6-16(7-10-18)21(27)25-22(29)24-17-8-11-20(19(23)14-17)26-12-4-3-5-13-26/h6-11,14-15H,3-5,12-13H2,1-2H3,(H2,24,25,27,29). The van der Waals surface area contributed by atoms with Gasteiger partial charge in [0.1, 0.15) is 5.75 Å². The van der Waals surface area contributed by atoms with Crippen LogP contribution in [-0.2, 0) is 0 Å². The Labute approximate surface area is 182 Å². The number of nitrogens with one attached hydrogen (secondary N) is 2. The molecule has 0 aromatic heterocycles. The van der Waals surface area contributed by atoms with Crippen LogP contribution in [0.15, 0.2) is 42.5 Å². The predicted molar refractivity (Wildman–Crippen MR) is 123 cm³/mol. The number of ether oxygens (including phenoxy) is 1. The molecule has 7 heteroatoms. The first kappa shape index (κ1) is 21.4. The van der Waals surface area contributed by atoms with Gasteiger partial charge in [-0.25, -0.2) is 0 Å². The molecule has 0 aliphatic carbocycles. The summed E-state index contributed by atoms with van der Waals surface area (Å²) >= 11 is 11.7. The van der Waals surface area contributed by atoms with Crippen molar-refractivity contribution in [2.45, 2.75) is 39.2 Å². The van der Waals surface area contributed by atoms with Gasteiger partial charge in [0.25, 0.3) is 5.91 Å². The second kappa shape index (κ2) is 9.94. The van der Waals surface area contributed by atoms with Gasteiger partial charge in [0.05, 0.1) is 16.8 Å². The van der Waals surface area contributed by atoms with Crippen LogP contribution in [0.5, 0.6) is 5.75 Å². The van der Waals surface area contributed by atoms with Crippen LogP contribution in [-0.4, -0.2) is 30.2 Å². The Morgan fingerprint density at radius 2 is 1.79 bits per heavy atom. The Morgan fingerprint density at radius 3 is 2.41 bits per heavy atom. The van der Waals surface area contributed by atoms with Crippen molar-refractivity contribution in [2.75, 3.05) is 23.3 Å². The molecule has 0 spiro atoms. The molecule has 1 aliphatic heterocycles. The summed E-state index contributed by atoms with van der Waals surface area (Å²) in [5.74, 6) is 0.440. The zero-order valence-corrected chi connectivity index (χ0v) is 18.3. The lowest BCUT2D eigenvalue weighted by Gasteiger charge is -2.29. The molecule has 2 N–H and O–H groups in total. The van der Waals surface area contributed by atoms with E-state index in [0.29, 0.717) is 10.6 Å². The minimum Gasteiger partial charge on any atom is -0.491 e. The van der Waals surface area contributed by atoms with Crippen molar-refractivity contribution in [3.63, 3.8) is 0 Å². The van der Waals surface area contributed by atoms with Crippen molar-refractivity contribution in [1.82, 2.24) is 5.32 Å². The predicted octanol–water partition coefficient (Wildman–Crippen LogP) is 5.24. The highest BCUT2D eigenvalue weighted by atomic mass is 35.5. The fourth-order valence-electron chi connectivity index (χ4n) is 3.27. The number of amides is 1. The van der Waals surface area contributed by atoms with Crippen molar-refractivity contribution in [3.8, 4) is 5.75 Å². The van der Waals surface area contributed by atoms with Crippen LogP contribution in [0.1, 0.15) is 43.5 Å². The molecule has 1 fully saturated rings. The highest BCUT2D eigenvalue weighted by Gasteiger charge is 2.15. The summed E-state index contributed by atoms with van der Waals surface area (Å²) in [7, 11) is 0. The van der Waals surface area contributed by atoms with Crippen LogP contribution in [0, 0.1) is 0 Å². The zero-order chi connectivity index (χ0) is 20.8. The van der Waals surface area contributed by atoms with Gasteiger partial charge in [0.2, 0.25) is 0 Å². The third-order valence-corrected chi connectivity index (χ3v) is 5.12. The number of anilines is 2. The molecule has 3 rings (SSSR count). The van der Waals surface area contributed by atoms with Gasteiger partial charge in [-0.05, 0) is 87.8 Å². The van der Waals surface area contributed by atoms with Crippen LogP contribution < -0.4 is 20.3 Å². The van der Waals surface area contributed by atoms with Crippen molar-refractivity contribution in [3.05, 3.63) is 53.1 Å². The van der Waals surface area contributed by atoms with Crippen molar-refractivity contribution >= 4 is 46.2 Å². The SMILES string of the molecule is CC(C)Oc1ccc(C(=O)NC(=S)Nc2ccc(N3CCCCC3)c(Cl)c2)cc1. The van der Waals surface area contributed by atoms with Crippen molar-refractivity contribution in [2.24, 2.45) is 0 Å². The van der Waals surface area contributed by atoms with Crippen LogP contribution in [0.2, 0.25) is 5.02 Å². The van der Waals surface area contributed by atoms with E-state index in [2.05, 4.69) is 15.5 Å². The molecule has 0 unspecified atom stereocenters. The lowest BCUT2D eigenvalue weighted by Crippen LogP contribution is -2.34. The summed E-state index contributed by atoms with van der Waals surface area (Å²) < 4.78 is 5.59. The number of thiocarbonyl (C=S) groups is 1. The molecule has 29 heavy (non-hydrogen) atoms. The van der Waals surface area contributed by atoms with E-state index in [9.17, 15) is 4.79 Å². The average Bonchev–Trinajstić information content (AvgIpc) is 2.68. The highest BCUT2D eigenvalue weighted by Crippen LogP contribution is 2.30. The van der Waals surface area contributed by atoms with Gasteiger partial charge in [-0.2, -0.15) is 0 Å². The molecule has 2 aromatic rings. The lowest BCUT2D eigenvalue weighted by atomic mass is 10.1. The second-order valence-corrected chi connectivity index (χ2v) is 8.13. The quantitative estimate of drug-likeness (QED) is 0.633. The summed E-state index contributed by atoms with van der Waals surface area (Å²) in [6.45, 7) is 5.97. The largest absolute Gasteiger partial charge is 0.491 e. The smallest absolute Gasteiger partial charge is 0.257 e. The van der Waals surface area contributed by atoms with Crippen LogP contribution in [0.4, 0.5) is 11.4 Å². The molecule has 0 radical (unpaired) electrons. The first-order valence-corrected chi connectivity index (χ1v) is 10.6. The first-order chi connectivity index (χ1) is 13.9. The molecular formula is C22H26ClN3O2S. The summed E-state index contributed by atoms with van der Waals surface area (Å²) in [5, 5.41) is 6.61. The van der Waals surface area contributed by atoms with E-state index in [4.69, 9.17) is 28.6 Å². The molecule has 1 aliphatic rings. The number of piperidine rings is 1. The van der Waals surface area contributed by atoms with Crippen molar-refractivity contribution < 1.29 is 9.53 Å². The molecule has 0 bridgehead atoms. The summed E-state index contributed by atoms with van der Waals surface area (Å²) in [6, 6.07) is 12.7. The number of nitrogens with zero attached hydrogens (tertiary/aromatic N) is 1. The normalized spacial score (nSPS) is 13.9. The van der Waals surface area contributed by atoms with Gasteiger partial charge in [0, 0.05) is 24.3 Å². The number of carbonyl (C=O) groups is 1. The van der Waals surface area contributed by atoms with Crippen LogP contribution in [0.3, 0.4) is 0 Å². The van der Waals surface area contributed by atoms with E-state index in [1.54, 1.807) is 24.3 Å². The Balaban J connectivity index is 1.57. The molecule has 0 atom stereocenters. The molecule has 5 nitrogen and oxygen atoms in total. The molecule has 0 saturated carbocycles. The maximum atomic E-state index is 12.4. The first-order valence-electron chi connectivity index (χ1n) is 9.86. The molecule has 1 heterocycles. The molecule has 1 amide bonds. The topological polar surface area (TPSA) is 53.6 Å². The Morgan fingerprint density at radius 1 is 1.10 bits per heavy atom. The average molecular weight is 432 g/mol. The van der Waals surface area contributed by atoms with E-state index in [-0.39, 0.29) is 17.1 Å². The van der Waals surface area contributed by atoms with E-state index < -0.39 is 0 Å². The summed E-state index contributed by atoms with van der Waals surface area (Å²) in [4.78, 5) is 14.7. The Bertz CT molecular complexity index is 865. The molecule has 2 aromatic carbocycles. The van der Waals surface area contributed by atoms with Gasteiger partial charge < -0.3 is 15.0 Å². The number of carbonyl (C=O) groups excluding carboxylic acids is 1.